The van der Waals surface area contributed by atoms with Gasteiger partial charge in [0.2, 0.25) is 0 Å². The second-order valence-electron chi connectivity index (χ2n) is 4.68. The van der Waals surface area contributed by atoms with Crippen LogP contribution in [0, 0.1) is 0 Å². The van der Waals surface area contributed by atoms with Crippen LogP contribution >= 0.6 is 15.9 Å². The van der Waals surface area contributed by atoms with Gasteiger partial charge in [-0.1, -0.05) is 36.4 Å². The molecule has 0 radical (unpaired) electrons. The molecule has 106 valence electrons. The van der Waals surface area contributed by atoms with Crippen LogP contribution in [-0.4, -0.2) is 19.6 Å². The Hall–Kier alpha value is -1.98. The van der Waals surface area contributed by atoms with Crippen LogP contribution in [0.4, 0.5) is 0 Å². The smallest absolute Gasteiger partial charge is 0.142 e. The highest BCUT2D eigenvalue weighted by Gasteiger charge is 2.16. The SMILES string of the molecule is OC(c1ccccc1)c1nccn1Cc1cccnc1Br. The van der Waals surface area contributed by atoms with E-state index in [1.54, 1.807) is 12.4 Å². The summed E-state index contributed by atoms with van der Waals surface area (Å²) >= 11 is 3.44. The number of hydrogen-bond donors (Lipinski definition) is 1. The molecule has 1 N–H and O–H groups in total. The molecule has 1 unspecified atom stereocenters. The number of rotatable bonds is 4. The molecule has 1 atom stereocenters. The van der Waals surface area contributed by atoms with Crippen LogP contribution in [-0.2, 0) is 6.54 Å². The fraction of sp³-hybridized carbons (Fsp3) is 0.125. The van der Waals surface area contributed by atoms with Crippen LogP contribution in [0.1, 0.15) is 23.1 Å². The third kappa shape index (κ3) is 3.04. The number of hydrogen-bond acceptors (Lipinski definition) is 3. The van der Waals surface area contributed by atoms with E-state index in [2.05, 4.69) is 25.9 Å². The molecule has 0 aliphatic carbocycles. The van der Waals surface area contributed by atoms with E-state index in [4.69, 9.17) is 0 Å². The van der Waals surface area contributed by atoms with Gasteiger partial charge in [-0.3, -0.25) is 0 Å². The van der Waals surface area contributed by atoms with Crippen LogP contribution in [0.3, 0.4) is 0 Å². The maximum atomic E-state index is 10.5. The highest BCUT2D eigenvalue weighted by atomic mass is 79.9. The molecule has 21 heavy (non-hydrogen) atoms. The van der Waals surface area contributed by atoms with Gasteiger partial charge in [-0.05, 0) is 27.6 Å². The van der Waals surface area contributed by atoms with Crippen LogP contribution < -0.4 is 0 Å². The first-order chi connectivity index (χ1) is 10.3. The van der Waals surface area contributed by atoms with Gasteiger partial charge in [0, 0.05) is 24.2 Å². The monoisotopic (exact) mass is 343 g/mol. The zero-order chi connectivity index (χ0) is 14.7. The number of aliphatic hydroxyl groups excluding tert-OH is 1. The van der Waals surface area contributed by atoms with E-state index in [0.717, 1.165) is 15.7 Å². The van der Waals surface area contributed by atoms with Crippen LogP contribution in [0.2, 0.25) is 0 Å². The van der Waals surface area contributed by atoms with E-state index in [1.807, 2.05) is 53.2 Å². The Morgan fingerprint density at radius 3 is 2.62 bits per heavy atom. The van der Waals surface area contributed by atoms with E-state index in [1.165, 1.54) is 0 Å². The predicted octanol–water partition coefficient (Wildman–Crippen LogP) is 3.17. The predicted molar refractivity (Wildman–Crippen MR) is 83.8 cm³/mol. The molecule has 2 aromatic heterocycles. The number of aliphatic hydroxyl groups is 1. The third-order valence-electron chi connectivity index (χ3n) is 3.28. The minimum atomic E-state index is -0.739. The largest absolute Gasteiger partial charge is 0.380 e. The lowest BCUT2D eigenvalue weighted by Crippen LogP contribution is -2.11. The molecular formula is C16H14BrN3O. The lowest BCUT2D eigenvalue weighted by Gasteiger charge is -2.14. The maximum absolute atomic E-state index is 10.5. The van der Waals surface area contributed by atoms with Gasteiger partial charge in [0.25, 0.3) is 0 Å². The van der Waals surface area contributed by atoms with E-state index < -0.39 is 6.10 Å². The first kappa shape index (κ1) is 14.0. The van der Waals surface area contributed by atoms with Crippen molar-refractivity contribution in [1.29, 1.82) is 0 Å². The summed E-state index contributed by atoms with van der Waals surface area (Å²) in [6, 6.07) is 13.4. The molecule has 0 saturated heterocycles. The standard InChI is InChI=1S/C16H14BrN3O/c17-15-13(7-4-8-18-15)11-20-10-9-19-16(20)14(21)12-5-2-1-3-6-12/h1-10,14,21H,11H2. The molecule has 3 rings (SSSR count). The van der Waals surface area contributed by atoms with Crippen molar-refractivity contribution in [2.24, 2.45) is 0 Å². The van der Waals surface area contributed by atoms with E-state index in [9.17, 15) is 5.11 Å². The van der Waals surface area contributed by atoms with Crippen molar-refractivity contribution in [1.82, 2.24) is 14.5 Å². The Balaban J connectivity index is 1.89. The van der Waals surface area contributed by atoms with Crippen molar-refractivity contribution in [2.75, 3.05) is 0 Å². The second-order valence-corrected chi connectivity index (χ2v) is 5.43. The summed E-state index contributed by atoms with van der Waals surface area (Å²) in [6.45, 7) is 0.605. The molecule has 0 aliphatic heterocycles. The van der Waals surface area contributed by atoms with E-state index in [-0.39, 0.29) is 0 Å². The Labute approximate surface area is 131 Å². The van der Waals surface area contributed by atoms with Crippen molar-refractivity contribution < 1.29 is 5.11 Å². The van der Waals surface area contributed by atoms with Gasteiger partial charge < -0.3 is 9.67 Å². The van der Waals surface area contributed by atoms with Crippen molar-refractivity contribution in [3.8, 4) is 0 Å². The molecule has 5 heteroatoms. The minimum absolute atomic E-state index is 0.605. The molecule has 2 heterocycles. The Bertz CT molecular complexity index is 727. The van der Waals surface area contributed by atoms with Gasteiger partial charge in [-0.2, -0.15) is 0 Å². The summed E-state index contributed by atoms with van der Waals surface area (Å²) in [5.74, 6) is 0.622. The summed E-state index contributed by atoms with van der Waals surface area (Å²) in [4.78, 5) is 8.51. The lowest BCUT2D eigenvalue weighted by molar-refractivity contribution is 0.205. The molecule has 0 aliphatic rings. The molecule has 0 fully saturated rings. The van der Waals surface area contributed by atoms with Gasteiger partial charge in [-0.15, -0.1) is 0 Å². The highest BCUT2D eigenvalue weighted by molar-refractivity contribution is 9.10. The molecule has 4 nitrogen and oxygen atoms in total. The molecular weight excluding hydrogens is 330 g/mol. The lowest BCUT2D eigenvalue weighted by atomic mass is 10.1. The van der Waals surface area contributed by atoms with E-state index in [0.29, 0.717) is 12.4 Å². The second kappa shape index (κ2) is 6.20. The van der Waals surface area contributed by atoms with Crippen molar-refractivity contribution >= 4 is 15.9 Å². The number of imidazole rings is 1. The van der Waals surface area contributed by atoms with Crippen molar-refractivity contribution in [3.05, 3.63) is 82.6 Å². The fourth-order valence-corrected chi connectivity index (χ4v) is 2.58. The third-order valence-corrected chi connectivity index (χ3v) is 4.00. The summed E-state index contributed by atoms with van der Waals surface area (Å²) < 4.78 is 2.73. The van der Waals surface area contributed by atoms with Crippen LogP contribution in [0.15, 0.2) is 65.7 Å². The zero-order valence-electron chi connectivity index (χ0n) is 11.2. The van der Waals surface area contributed by atoms with Gasteiger partial charge in [-0.25, -0.2) is 9.97 Å². The van der Waals surface area contributed by atoms with Crippen molar-refractivity contribution in [3.63, 3.8) is 0 Å². The quantitative estimate of drug-likeness (QED) is 0.740. The van der Waals surface area contributed by atoms with Gasteiger partial charge >= 0.3 is 0 Å². The number of aromatic nitrogens is 3. The molecule has 3 aromatic rings. The average Bonchev–Trinajstić information content (AvgIpc) is 2.98. The van der Waals surface area contributed by atoms with Gasteiger partial charge in [0.1, 0.15) is 16.5 Å². The average molecular weight is 344 g/mol. The first-order valence-electron chi connectivity index (χ1n) is 6.59. The first-order valence-corrected chi connectivity index (χ1v) is 7.38. The number of pyridine rings is 1. The van der Waals surface area contributed by atoms with Crippen LogP contribution in [0.5, 0.6) is 0 Å². The molecule has 1 aromatic carbocycles. The molecule has 0 amide bonds. The fourth-order valence-electron chi connectivity index (χ4n) is 2.21. The molecule has 0 saturated carbocycles. The number of halogens is 1. The molecule has 0 spiro atoms. The van der Waals surface area contributed by atoms with Gasteiger partial charge in [0.15, 0.2) is 0 Å². The van der Waals surface area contributed by atoms with Crippen LogP contribution in [0.25, 0.3) is 0 Å². The summed E-state index contributed by atoms with van der Waals surface area (Å²) in [6.07, 6.45) is 4.56. The highest BCUT2D eigenvalue weighted by Crippen LogP contribution is 2.22. The number of nitrogens with zero attached hydrogens (tertiary/aromatic N) is 3. The summed E-state index contributed by atoms with van der Waals surface area (Å²) in [5.41, 5.74) is 1.87. The summed E-state index contributed by atoms with van der Waals surface area (Å²) in [5, 5.41) is 10.5. The molecule has 0 bridgehead atoms. The zero-order valence-corrected chi connectivity index (χ0v) is 12.8. The Kier molecular flexibility index (Phi) is 4.13. The Morgan fingerprint density at radius 1 is 1.05 bits per heavy atom. The minimum Gasteiger partial charge on any atom is -0.380 e. The normalized spacial score (nSPS) is 12.3. The van der Waals surface area contributed by atoms with Crippen molar-refractivity contribution in [2.45, 2.75) is 12.6 Å². The summed E-state index contributed by atoms with van der Waals surface area (Å²) in [7, 11) is 0. The topological polar surface area (TPSA) is 50.9 Å². The number of benzene rings is 1. The van der Waals surface area contributed by atoms with E-state index >= 15 is 0 Å². The Morgan fingerprint density at radius 2 is 1.86 bits per heavy atom. The van der Waals surface area contributed by atoms with Gasteiger partial charge in [0.05, 0.1) is 6.54 Å². The maximum Gasteiger partial charge on any atom is 0.142 e.